The molecular formula is C39H33N3O6. The lowest BCUT2D eigenvalue weighted by atomic mass is 10.0. The van der Waals surface area contributed by atoms with Crippen LogP contribution < -0.4 is 16.0 Å². The molecule has 4 aromatic carbocycles. The molecule has 0 unspecified atom stereocenters. The largest absolute Gasteiger partial charge is 0.395 e. The molecule has 0 saturated heterocycles. The number of carbonyl (C=O) groups excluding carboxylic acids is 3. The summed E-state index contributed by atoms with van der Waals surface area (Å²) >= 11 is 0. The van der Waals surface area contributed by atoms with Gasteiger partial charge in [0.25, 0.3) is 17.7 Å². The van der Waals surface area contributed by atoms with Crippen molar-refractivity contribution in [2.75, 3.05) is 39.5 Å². The van der Waals surface area contributed by atoms with E-state index in [1.807, 2.05) is 18.2 Å². The van der Waals surface area contributed by atoms with Crippen LogP contribution in [-0.4, -0.2) is 72.5 Å². The van der Waals surface area contributed by atoms with E-state index in [0.29, 0.717) is 50.1 Å². The van der Waals surface area contributed by atoms with Gasteiger partial charge in [0.15, 0.2) is 0 Å². The molecule has 0 fully saturated rings. The predicted octanol–water partition coefficient (Wildman–Crippen LogP) is 2.05. The second kappa shape index (κ2) is 18.1. The molecule has 3 amide bonds. The molecule has 0 bridgehead atoms. The van der Waals surface area contributed by atoms with E-state index < -0.39 is 0 Å². The quantitative estimate of drug-likeness (QED) is 0.155. The fraction of sp³-hybridized carbons (Fsp3) is 0.154. The molecule has 0 aliphatic carbocycles. The second-order valence-corrected chi connectivity index (χ2v) is 10.2. The van der Waals surface area contributed by atoms with E-state index in [1.165, 1.54) is 0 Å². The number of rotatable bonds is 9. The first-order chi connectivity index (χ1) is 23.4. The number of carbonyl (C=O) groups is 3. The van der Waals surface area contributed by atoms with Crippen molar-refractivity contribution in [1.82, 2.24) is 16.0 Å². The highest BCUT2D eigenvalue weighted by atomic mass is 16.3. The van der Waals surface area contributed by atoms with E-state index in [4.69, 9.17) is 15.3 Å². The van der Waals surface area contributed by atoms with Crippen molar-refractivity contribution in [3.63, 3.8) is 0 Å². The van der Waals surface area contributed by atoms with E-state index in [2.05, 4.69) is 51.5 Å². The van der Waals surface area contributed by atoms with Gasteiger partial charge in [-0.15, -0.1) is 0 Å². The lowest BCUT2D eigenvalue weighted by molar-refractivity contribution is 0.0937. The third kappa shape index (κ3) is 10.7. The molecular weight excluding hydrogens is 606 g/mol. The van der Waals surface area contributed by atoms with Crippen molar-refractivity contribution in [1.29, 1.82) is 0 Å². The van der Waals surface area contributed by atoms with Gasteiger partial charge in [-0.3, -0.25) is 14.4 Å². The molecule has 9 nitrogen and oxygen atoms in total. The molecule has 9 heteroatoms. The Morgan fingerprint density at radius 1 is 0.396 bits per heavy atom. The van der Waals surface area contributed by atoms with Crippen LogP contribution in [0.1, 0.15) is 64.5 Å². The normalized spacial score (nSPS) is 9.81. The maximum absolute atomic E-state index is 12.1. The number of aliphatic hydroxyl groups excluding tert-OH is 3. The summed E-state index contributed by atoms with van der Waals surface area (Å²) in [6.07, 6.45) is 0. The number of nitrogens with one attached hydrogen (secondary N) is 3. The molecule has 0 aromatic heterocycles. The average Bonchev–Trinajstić information content (AvgIpc) is 3.13. The number of hydrogen-bond acceptors (Lipinski definition) is 6. The zero-order valence-corrected chi connectivity index (χ0v) is 26.0. The highest BCUT2D eigenvalue weighted by molar-refractivity contribution is 5.95. The first kappa shape index (κ1) is 34.7. The van der Waals surface area contributed by atoms with Crippen molar-refractivity contribution < 1.29 is 29.7 Å². The lowest BCUT2D eigenvalue weighted by Gasteiger charge is -2.03. The Labute approximate surface area is 279 Å². The maximum atomic E-state index is 12.1. The van der Waals surface area contributed by atoms with Gasteiger partial charge >= 0.3 is 0 Å². The van der Waals surface area contributed by atoms with Crippen LogP contribution in [0, 0.1) is 35.5 Å². The smallest absolute Gasteiger partial charge is 0.251 e. The molecule has 0 saturated carbocycles. The Kier molecular flexibility index (Phi) is 13.1. The van der Waals surface area contributed by atoms with Crippen molar-refractivity contribution >= 4 is 17.7 Å². The minimum absolute atomic E-state index is 0.140. The Morgan fingerprint density at radius 2 is 0.625 bits per heavy atom. The van der Waals surface area contributed by atoms with Crippen molar-refractivity contribution in [2.45, 2.75) is 0 Å². The fourth-order valence-electron chi connectivity index (χ4n) is 4.21. The lowest BCUT2D eigenvalue weighted by Crippen LogP contribution is -2.26. The molecule has 0 spiro atoms. The summed E-state index contributed by atoms with van der Waals surface area (Å²) in [5, 5.41) is 34.6. The Hall–Kier alpha value is -6.15. The Bertz CT molecular complexity index is 1690. The van der Waals surface area contributed by atoms with E-state index in [9.17, 15) is 14.4 Å². The third-order valence-electron chi connectivity index (χ3n) is 6.62. The zero-order chi connectivity index (χ0) is 34.1. The molecule has 4 aromatic rings. The van der Waals surface area contributed by atoms with E-state index in [1.54, 1.807) is 72.8 Å². The molecule has 0 aliphatic rings. The molecule has 0 atom stereocenters. The predicted molar refractivity (Wildman–Crippen MR) is 182 cm³/mol. The van der Waals surface area contributed by atoms with E-state index in [0.717, 1.165) is 0 Å². The Balaban J connectivity index is 1.61. The van der Waals surface area contributed by atoms with Crippen molar-refractivity contribution in [3.05, 3.63) is 141 Å². The van der Waals surface area contributed by atoms with Gasteiger partial charge in [-0.2, -0.15) is 0 Å². The van der Waals surface area contributed by atoms with Crippen molar-refractivity contribution in [3.8, 4) is 35.5 Å². The summed E-state index contributed by atoms with van der Waals surface area (Å²) in [6.45, 7) is 0.101. The molecule has 4 rings (SSSR count). The van der Waals surface area contributed by atoms with Crippen LogP contribution >= 0.6 is 0 Å². The number of benzene rings is 4. The van der Waals surface area contributed by atoms with Gasteiger partial charge in [-0.25, -0.2) is 0 Å². The van der Waals surface area contributed by atoms with Gasteiger partial charge in [0, 0.05) is 69.7 Å². The molecule has 0 aliphatic heterocycles. The minimum Gasteiger partial charge on any atom is -0.395 e. The van der Waals surface area contributed by atoms with Gasteiger partial charge in [0.2, 0.25) is 0 Å². The van der Waals surface area contributed by atoms with Crippen LogP contribution in [-0.2, 0) is 0 Å². The summed E-state index contributed by atoms with van der Waals surface area (Å²) in [5.41, 5.74) is 5.48. The average molecular weight is 640 g/mol. The highest BCUT2D eigenvalue weighted by Gasteiger charge is 2.06. The number of hydrogen-bond donors (Lipinski definition) is 6. The highest BCUT2D eigenvalue weighted by Crippen LogP contribution is 2.12. The SMILES string of the molecule is O=C(NCCO)c1ccc(C#Cc2cc(C#Cc3ccc(C(=O)NCCO)cc3)cc(C#Cc3ccc(C(=O)NCCO)cc3)c2)cc1. The van der Waals surface area contributed by atoms with Gasteiger partial charge in [0.05, 0.1) is 19.8 Å². The minimum atomic E-state index is -0.280. The first-order valence-electron chi connectivity index (χ1n) is 15.1. The van der Waals surface area contributed by atoms with Crippen LogP contribution in [0.2, 0.25) is 0 Å². The molecule has 6 N–H and O–H groups in total. The van der Waals surface area contributed by atoms with Crippen LogP contribution in [0.5, 0.6) is 0 Å². The summed E-state index contributed by atoms with van der Waals surface area (Å²) in [6, 6.07) is 26.0. The van der Waals surface area contributed by atoms with Gasteiger partial charge in [0.1, 0.15) is 0 Å². The second-order valence-electron chi connectivity index (χ2n) is 10.2. The summed E-state index contributed by atoms with van der Waals surface area (Å²) in [5.74, 6) is 17.9. The maximum Gasteiger partial charge on any atom is 0.251 e. The Morgan fingerprint density at radius 3 is 0.854 bits per heavy atom. The fourth-order valence-corrected chi connectivity index (χ4v) is 4.21. The standard InChI is InChI=1S/C39H33N3O6/c43-22-19-40-37(46)34-13-7-28(8-14-34)1-4-31-25-32(5-2-29-9-15-35(16-10-29)38(47)41-20-23-44)27-33(26-31)6-3-30-11-17-36(18-12-30)39(48)42-21-24-45/h7-18,25-27,43-45H,19-24H2,(H,40,46)(H,41,47)(H,42,48). The van der Waals surface area contributed by atoms with Crippen LogP contribution in [0.4, 0.5) is 0 Å². The van der Waals surface area contributed by atoms with Crippen LogP contribution in [0.25, 0.3) is 0 Å². The van der Waals surface area contributed by atoms with Gasteiger partial charge in [-0.1, -0.05) is 35.5 Å². The topological polar surface area (TPSA) is 148 Å². The van der Waals surface area contributed by atoms with E-state index in [-0.39, 0.29) is 57.2 Å². The third-order valence-corrected chi connectivity index (χ3v) is 6.62. The summed E-state index contributed by atoms with van der Waals surface area (Å²) in [7, 11) is 0. The van der Waals surface area contributed by atoms with Crippen molar-refractivity contribution in [2.24, 2.45) is 0 Å². The molecule has 0 heterocycles. The summed E-state index contributed by atoms with van der Waals surface area (Å²) < 4.78 is 0. The van der Waals surface area contributed by atoms with Gasteiger partial charge in [-0.05, 0) is 91.0 Å². The number of amides is 3. The van der Waals surface area contributed by atoms with Gasteiger partial charge < -0.3 is 31.3 Å². The monoisotopic (exact) mass is 639 g/mol. The van der Waals surface area contributed by atoms with E-state index >= 15 is 0 Å². The molecule has 240 valence electrons. The molecule has 0 radical (unpaired) electrons. The first-order valence-corrected chi connectivity index (χ1v) is 15.1. The van der Waals surface area contributed by atoms with Crippen LogP contribution in [0.15, 0.2) is 91.0 Å². The van der Waals surface area contributed by atoms with Crippen LogP contribution in [0.3, 0.4) is 0 Å². The summed E-state index contributed by atoms with van der Waals surface area (Å²) in [4.78, 5) is 36.4. The molecule has 48 heavy (non-hydrogen) atoms. The number of aliphatic hydroxyl groups is 3. The zero-order valence-electron chi connectivity index (χ0n) is 26.0.